The first-order valence-corrected chi connectivity index (χ1v) is 3.34. The van der Waals surface area contributed by atoms with Gasteiger partial charge in [0.25, 0.3) is 0 Å². The lowest BCUT2D eigenvalue weighted by Crippen LogP contribution is -2.00. The maximum absolute atomic E-state index is 5.43. The topological polar surface area (TPSA) is 52.0 Å². The standard InChI is InChI=1S/C8H12N2.HI/c9-5-7-2-1-3-8(4-7)6-10;/h1-4H,5-6,9-10H2;1H. The van der Waals surface area contributed by atoms with Crippen molar-refractivity contribution in [3.63, 3.8) is 0 Å². The number of hydrogen-bond acceptors (Lipinski definition) is 2. The molecule has 1 rings (SSSR count). The zero-order valence-corrected chi connectivity index (χ0v) is 8.62. The van der Waals surface area contributed by atoms with Crippen molar-refractivity contribution < 1.29 is 0 Å². The predicted octanol–water partition coefficient (Wildman–Crippen LogP) is 1.22. The van der Waals surface area contributed by atoms with Crippen molar-refractivity contribution in [1.29, 1.82) is 0 Å². The molecule has 3 heteroatoms. The van der Waals surface area contributed by atoms with E-state index < -0.39 is 0 Å². The molecule has 1 aromatic rings. The summed E-state index contributed by atoms with van der Waals surface area (Å²) in [6.45, 7) is 1.18. The van der Waals surface area contributed by atoms with Crippen LogP contribution in [0, 0.1) is 0 Å². The first-order chi connectivity index (χ1) is 4.86. The Morgan fingerprint density at radius 2 is 1.45 bits per heavy atom. The maximum Gasteiger partial charge on any atom is 0.0178 e. The van der Waals surface area contributed by atoms with Gasteiger partial charge in [0.1, 0.15) is 0 Å². The van der Waals surface area contributed by atoms with Crippen LogP contribution in [0.2, 0.25) is 0 Å². The Balaban J connectivity index is 0.000001000. The quantitative estimate of drug-likeness (QED) is 0.789. The molecule has 0 aliphatic carbocycles. The van der Waals surface area contributed by atoms with Crippen molar-refractivity contribution in [2.75, 3.05) is 0 Å². The van der Waals surface area contributed by atoms with Gasteiger partial charge in [0, 0.05) is 13.1 Å². The Bertz CT molecular complexity index is 194. The van der Waals surface area contributed by atoms with Gasteiger partial charge in [-0.05, 0) is 11.1 Å². The highest BCUT2D eigenvalue weighted by molar-refractivity contribution is 14.0. The molecule has 11 heavy (non-hydrogen) atoms. The Morgan fingerprint density at radius 3 is 1.82 bits per heavy atom. The number of rotatable bonds is 2. The van der Waals surface area contributed by atoms with Crippen LogP contribution in [0.25, 0.3) is 0 Å². The summed E-state index contributed by atoms with van der Waals surface area (Å²) < 4.78 is 0. The minimum Gasteiger partial charge on any atom is -0.326 e. The number of benzene rings is 1. The second-order valence-electron chi connectivity index (χ2n) is 2.23. The molecule has 0 aliphatic heterocycles. The smallest absolute Gasteiger partial charge is 0.0178 e. The van der Waals surface area contributed by atoms with Gasteiger partial charge in [-0.1, -0.05) is 24.3 Å². The summed E-state index contributed by atoms with van der Waals surface area (Å²) in [6.07, 6.45) is 0. The van der Waals surface area contributed by atoms with E-state index in [4.69, 9.17) is 11.5 Å². The normalized spacial score (nSPS) is 8.91. The van der Waals surface area contributed by atoms with E-state index in [0.29, 0.717) is 13.1 Å². The minimum absolute atomic E-state index is 0. The maximum atomic E-state index is 5.43. The van der Waals surface area contributed by atoms with Crippen LogP contribution in [-0.4, -0.2) is 0 Å². The van der Waals surface area contributed by atoms with Gasteiger partial charge in [-0.3, -0.25) is 0 Å². The Hall–Kier alpha value is -0.130. The molecule has 0 unspecified atom stereocenters. The monoisotopic (exact) mass is 264 g/mol. The van der Waals surface area contributed by atoms with Crippen LogP contribution in [0.5, 0.6) is 0 Å². The number of halogens is 1. The average molecular weight is 264 g/mol. The van der Waals surface area contributed by atoms with Gasteiger partial charge in [0.15, 0.2) is 0 Å². The SMILES string of the molecule is I.NCc1cccc(CN)c1. The van der Waals surface area contributed by atoms with Gasteiger partial charge in [0.2, 0.25) is 0 Å². The van der Waals surface area contributed by atoms with Crippen molar-refractivity contribution in [2.24, 2.45) is 11.5 Å². The second-order valence-corrected chi connectivity index (χ2v) is 2.23. The van der Waals surface area contributed by atoms with Crippen LogP contribution in [0.4, 0.5) is 0 Å². The van der Waals surface area contributed by atoms with E-state index in [0.717, 1.165) is 11.1 Å². The van der Waals surface area contributed by atoms with Gasteiger partial charge in [0.05, 0.1) is 0 Å². The van der Waals surface area contributed by atoms with Crippen molar-refractivity contribution in [3.8, 4) is 0 Å². The van der Waals surface area contributed by atoms with E-state index in [1.165, 1.54) is 0 Å². The van der Waals surface area contributed by atoms with Crippen LogP contribution < -0.4 is 11.5 Å². The van der Waals surface area contributed by atoms with E-state index in [9.17, 15) is 0 Å². The highest BCUT2D eigenvalue weighted by atomic mass is 127. The number of hydrogen-bond donors (Lipinski definition) is 2. The van der Waals surface area contributed by atoms with Crippen LogP contribution in [-0.2, 0) is 13.1 Å². The molecule has 62 valence electrons. The molecule has 0 atom stereocenters. The molecule has 0 bridgehead atoms. The summed E-state index contributed by atoms with van der Waals surface area (Å²) in [4.78, 5) is 0. The van der Waals surface area contributed by atoms with E-state index in [1.807, 2.05) is 24.3 Å². The lowest BCUT2D eigenvalue weighted by Gasteiger charge is -1.98. The minimum atomic E-state index is 0. The molecule has 2 nitrogen and oxygen atoms in total. The van der Waals surface area contributed by atoms with Crippen molar-refractivity contribution in [2.45, 2.75) is 13.1 Å². The Labute approximate surface area is 84.0 Å². The lowest BCUT2D eigenvalue weighted by molar-refractivity contribution is 1.03. The van der Waals surface area contributed by atoms with Gasteiger partial charge < -0.3 is 11.5 Å². The highest BCUT2D eigenvalue weighted by Gasteiger charge is 1.89. The zero-order valence-electron chi connectivity index (χ0n) is 6.29. The molecule has 0 aromatic heterocycles. The Morgan fingerprint density at radius 1 is 1.00 bits per heavy atom. The van der Waals surface area contributed by atoms with Gasteiger partial charge >= 0.3 is 0 Å². The highest BCUT2D eigenvalue weighted by Crippen LogP contribution is 2.02. The fourth-order valence-electron chi connectivity index (χ4n) is 0.884. The van der Waals surface area contributed by atoms with Crippen molar-refractivity contribution in [3.05, 3.63) is 35.4 Å². The van der Waals surface area contributed by atoms with E-state index in [2.05, 4.69) is 0 Å². The van der Waals surface area contributed by atoms with E-state index in [1.54, 1.807) is 0 Å². The largest absolute Gasteiger partial charge is 0.326 e. The molecule has 0 aliphatic rings. The van der Waals surface area contributed by atoms with Crippen LogP contribution in [0.1, 0.15) is 11.1 Å². The molecule has 1 aromatic carbocycles. The fourth-order valence-corrected chi connectivity index (χ4v) is 0.884. The molecule has 0 amide bonds. The van der Waals surface area contributed by atoms with Crippen LogP contribution in [0.3, 0.4) is 0 Å². The zero-order chi connectivity index (χ0) is 7.40. The molecule has 0 saturated heterocycles. The molecular formula is C8H13IN2. The lowest BCUT2D eigenvalue weighted by atomic mass is 10.1. The first kappa shape index (κ1) is 10.9. The predicted molar refractivity (Wildman–Crippen MR) is 57.6 cm³/mol. The van der Waals surface area contributed by atoms with Crippen LogP contribution >= 0.6 is 24.0 Å². The Kier molecular flexibility index (Phi) is 5.45. The third-order valence-electron chi connectivity index (χ3n) is 1.46. The van der Waals surface area contributed by atoms with Gasteiger partial charge in [-0.25, -0.2) is 0 Å². The van der Waals surface area contributed by atoms with Gasteiger partial charge in [-0.2, -0.15) is 0 Å². The molecular weight excluding hydrogens is 251 g/mol. The second kappa shape index (κ2) is 5.51. The third-order valence-corrected chi connectivity index (χ3v) is 1.46. The molecule has 4 N–H and O–H groups in total. The molecule has 0 radical (unpaired) electrons. The molecule has 0 saturated carbocycles. The average Bonchev–Trinajstić information content (AvgIpc) is 2.05. The molecule has 0 spiro atoms. The summed E-state index contributed by atoms with van der Waals surface area (Å²) in [5, 5.41) is 0. The summed E-state index contributed by atoms with van der Waals surface area (Å²) >= 11 is 0. The summed E-state index contributed by atoms with van der Waals surface area (Å²) in [5.41, 5.74) is 13.1. The van der Waals surface area contributed by atoms with E-state index in [-0.39, 0.29) is 24.0 Å². The summed E-state index contributed by atoms with van der Waals surface area (Å²) in [6, 6.07) is 8.00. The van der Waals surface area contributed by atoms with Crippen LogP contribution in [0.15, 0.2) is 24.3 Å². The first-order valence-electron chi connectivity index (χ1n) is 3.34. The third kappa shape index (κ3) is 3.18. The van der Waals surface area contributed by atoms with Crippen molar-refractivity contribution >= 4 is 24.0 Å². The summed E-state index contributed by atoms with van der Waals surface area (Å²) in [5.74, 6) is 0. The molecule has 0 heterocycles. The molecule has 0 fully saturated rings. The summed E-state index contributed by atoms with van der Waals surface area (Å²) in [7, 11) is 0. The number of nitrogens with two attached hydrogens (primary N) is 2. The van der Waals surface area contributed by atoms with E-state index >= 15 is 0 Å². The van der Waals surface area contributed by atoms with Crippen molar-refractivity contribution in [1.82, 2.24) is 0 Å². The fraction of sp³-hybridized carbons (Fsp3) is 0.250. The van der Waals surface area contributed by atoms with Gasteiger partial charge in [-0.15, -0.1) is 24.0 Å².